The molecule has 1 fully saturated rings. The number of hydrogen-bond acceptors (Lipinski definition) is 3. The molecule has 5 nitrogen and oxygen atoms in total. The largest absolute Gasteiger partial charge is 0.354 e. The number of nitrogens with two attached hydrogens (primary N) is 1. The Kier molecular flexibility index (Phi) is 4.90. The van der Waals surface area contributed by atoms with E-state index in [0.29, 0.717) is 6.54 Å². The lowest BCUT2D eigenvalue weighted by molar-refractivity contribution is -0.125. The van der Waals surface area contributed by atoms with Gasteiger partial charge in [0, 0.05) is 12.0 Å². The highest BCUT2D eigenvalue weighted by Gasteiger charge is 2.38. The third kappa shape index (κ3) is 3.78. The molecule has 1 aliphatic carbocycles. The molecule has 0 aliphatic heterocycles. The maximum absolute atomic E-state index is 13.0. The minimum absolute atomic E-state index is 0.0739. The zero-order valence-corrected chi connectivity index (χ0v) is 11.8. The molecule has 1 aliphatic rings. The molecule has 4 N–H and O–H groups in total. The molecule has 6 heteroatoms. The van der Waals surface area contributed by atoms with Gasteiger partial charge in [-0.15, -0.1) is 0 Å². The lowest BCUT2D eigenvalue weighted by Gasteiger charge is -2.42. The second-order valence-corrected chi connectivity index (χ2v) is 5.40. The zero-order valence-electron chi connectivity index (χ0n) is 11.8. The molecule has 1 aromatic rings. The molecular weight excluding hydrogens is 273 g/mol. The van der Waals surface area contributed by atoms with Gasteiger partial charge in [0.15, 0.2) is 0 Å². The van der Waals surface area contributed by atoms with Crippen molar-refractivity contribution in [2.24, 2.45) is 5.73 Å². The smallest absolute Gasteiger partial charge is 0.239 e. The molecule has 0 atom stereocenters. The fraction of sp³-hybridized carbons (Fsp3) is 0.467. The van der Waals surface area contributed by atoms with Crippen LogP contribution < -0.4 is 16.4 Å². The lowest BCUT2D eigenvalue weighted by Crippen LogP contribution is -2.48. The summed E-state index contributed by atoms with van der Waals surface area (Å²) in [5.41, 5.74) is 6.08. The molecule has 0 spiro atoms. The van der Waals surface area contributed by atoms with E-state index in [-0.39, 0.29) is 36.1 Å². The van der Waals surface area contributed by atoms with Crippen molar-refractivity contribution in [3.05, 3.63) is 35.6 Å². The van der Waals surface area contributed by atoms with E-state index in [1.807, 2.05) is 0 Å². The first-order chi connectivity index (χ1) is 10.1. The summed E-state index contributed by atoms with van der Waals surface area (Å²) >= 11 is 0. The van der Waals surface area contributed by atoms with E-state index in [9.17, 15) is 14.0 Å². The Balaban J connectivity index is 1.89. The SMILES string of the molecule is NCC(=O)NCC(=O)NCC1(c2ccc(F)cc2)CCC1. The van der Waals surface area contributed by atoms with Gasteiger partial charge in [0.25, 0.3) is 0 Å². The standard InChI is InChI=1S/C15H20FN3O2/c16-12-4-2-11(3-5-12)15(6-1-7-15)10-19-14(21)9-18-13(20)8-17/h2-5H,1,6-10,17H2,(H,18,20)(H,19,21). The fourth-order valence-corrected chi connectivity index (χ4v) is 2.56. The van der Waals surface area contributed by atoms with Crippen LogP contribution in [-0.4, -0.2) is 31.4 Å². The van der Waals surface area contributed by atoms with Crippen LogP contribution >= 0.6 is 0 Å². The Hall–Kier alpha value is -1.95. The monoisotopic (exact) mass is 293 g/mol. The summed E-state index contributed by atoms with van der Waals surface area (Å²) in [6.07, 6.45) is 3.03. The minimum atomic E-state index is -0.359. The van der Waals surface area contributed by atoms with Crippen molar-refractivity contribution in [1.82, 2.24) is 10.6 Å². The maximum Gasteiger partial charge on any atom is 0.239 e. The second-order valence-electron chi connectivity index (χ2n) is 5.40. The quantitative estimate of drug-likeness (QED) is 0.711. The Morgan fingerprint density at radius 1 is 1.14 bits per heavy atom. The summed E-state index contributed by atoms with van der Waals surface area (Å²) in [6.45, 7) is 0.290. The van der Waals surface area contributed by atoms with Gasteiger partial charge in [-0.25, -0.2) is 4.39 Å². The van der Waals surface area contributed by atoms with E-state index in [1.165, 1.54) is 12.1 Å². The number of benzene rings is 1. The van der Waals surface area contributed by atoms with Crippen molar-refractivity contribution in [2.75, 3.05) is 19.6 Å². The van der Waals surface area contributed by atoms with E-state index in [1.54, 1.807) is 12.1 Å². The van der Waals surface area contributed by atoms with Gasteiger partial charge < -0.3 is 16.4 Å². The van der Waals surface area contributed by atoms with Crippen molar-refractivity contribution in [1.29, 1.82) is 0 Å². The van der Waals surface area contributed by atoms with Gasteiger partial charge in [-0.3, -0.25) is 9.59 Å². The molecule has 0 bridgehead atoms. The summed E-state index contributed by atoms with van der Waals surface area (Å²) < 4.78 is 13.0. The normalized spacial score (nSPS) is 15.9. The third-order valence-corrected chi connectivity index (χ3v) is 4.02. The van der Waals surface area contributed by atoms with E-state index >= 15 is 0 Å². The van der Waals surface area contributed by atoms with Gasteiger partial charge in [-0.05, 0) is 30.5 Å². The number of rotatable bonds is 6. The lowest BCUT2D eigenvalue weighted by atomic mass is 9.64. The van der Waals surface area contributed by atoms with Gasteiger partial charge >= 0.3 is 0 Å². The number of halogens is 1. The molecule has 2 rings (SSSR count). The Labute approximate surface area is 123 Å². The highest BCUT2D eigenvalue weighted by molar-refractivity contribution is 5.85. The molecule has 0 aromatic heterocycles. The van der Waals surface area contributed by atoms with Crippen LogP contribution in [0.3, 0.4) is 0 Å². The van der Waals surface area contributed by atoms with Gasteiger partial charge in [-0.2, -0.15) is 0 Å². The summed E-state index contributed by atoms with van der Waals surface area (Å²) in [5.74, 6) is -0.867. The van der Waals surface area contributed by atoms with Crippen molar-refractivity contribution in [3.8, 4) is 0 Å². The number of hydrogen-bond donors (Lipinski definition) is 3. The molecule has 2 amide bonds. The van der Waals surface area contributed by atoms with E-state index in [0.717, 1.165) is 24.8 Å². The van der Waals surface area contributed by atoms with Crippen LogP contribution in [0.4, 0.5) is 4.39 Å². The number of nitrogens with one attached hydrogen (secondary N) is 2. The predicted molar refractivity (Wildman–Crippen MR) is 77.0 cm³/mol. The molecule has 0 unspecified atom stereocenters. The van der Waals surface area contributed by atoms with Crippen molar-refractivity contribution < 1.29 is 14.0 Å². The van der Waals surface area contributed by atoms with Gasteiger partial charge in [0.05, 0.1) is 13.1 Å². The molecular formula is C15H20FN3O2. The zero-order chi connectivity index (χ0) is 15.3. The average molecular weight is 293 g/mol. The molecule has 1 saturated carbocycles. The maximum atomic E-state index is 13.0. The Morgan fingerprint density at radius 3 is 2.33 bits per heavy atom. The van der Waals surface area contributed by atoms with Gasteiger partial charge in [0.2, 0.25) is 11.8 Å². The molecule has 21 heavy (non-hydrogen) atoms. The summed E-state index contributed by atoms with van der Waals surface area (Å²) in [4.78, 5) is 22.7. The minimum Gasteiger partial charge on any atom is -0.354 e. The highest BCUT2D eigenvalue weighted by atomic mass is 19.1. The van der Waals surface area contributed by atoms with Crippen LogP contribution in [-0.2, 0) is 15.0 Å². The molecule has 114 valence electrons. The Bertz CT molecular complexity index is 512. The first-order valence-electron chi connectivity index (χ1n) is 7.05. The second kappa shape index (κ2) is 6.67. The number of amides is 2. The van der Waals surface area contributed by atoms with Gasteiger partial charge in [-0.1, -0.05) is 18.6 Å². The summed E-state index contributed by atoms with van der Waals surface area (Å²) in [6, 6.07) is 6.44. The van der Waals surface area contributed by atoms with Gasteiger partial charge in [0.1, 0.15) is 5.82 Å². The Morgan fingerprint density at radius 2 is 1.81 bits per heavy atom. The van der Waals surface area contributed by atoms with Crippen LogP contribution in [0.5, 0.6) is 0 Å². The van der Waals surface area contributed by atoms with Crippen LogP contribution in [0.2, 0.25) is 0 Å². The van der Waals surface area contributed by atoms with E-state index < -0.39 is 0 Å². The van der Waals surface area contributed by atoms with Crippen molar-refractivity contribution >= 4 is 11.8 Å². The topological polar surface area (TPSA) is 84.2 Å². The van der Waals surface area contributed by atoms with Crippen molar-refractivity contribution in [2.45, 2.75) is 24.7 Å². The first-order valence-corrected chi connectivity index (χ1v) is 7.05. The third-order valence-electron chi connectivity index (χ3n) is 4.02. The average Bonchev–Trinajstić information content (AvgIpc) is 2.45. The molecule has 0 radical (unpaired) electrons. The first kappa shape index (κ1) is 15.4. The fourth-order valence-electron chi connectivity index (χ4n) is 2.56. The predicted octanol–water partition coefficient (Wildman–Crippen LogP) is 0.438. The summed E-state index contributed by atoms with van der Waals surface area (Å²) in [5, 5.41) is 5.26. The molecule has 0 saturated heterocycles. The number of carbonyl (C=O) groups is 2. The van der Waals surface area contributed by atoms with Crippen LogP contribution in [0.25, 0.3) is 0 Å². The van der Waals surface area contributed by atoms with Crippen LogP contribution in [0, 0.1) is 5.82 Å². The summed E-state index contributed by atoms with van der Waals surface area (Å²) in [7, 11) is 0. The van der Waals surface area contributed by atoms with E-state index in [2.05, 4.69) is 10.6 Å². The van der Waals surface area contributed by atoms with Crippen molar-refractivity contribution in [3.63, 3.8) is 0 Å². The van der Waals surface area contributed by atoms with Crippen LogP contribution in [0.15, 0.2) is 24.3 Å². The molecule has 1 aromatic carbocycles. The number of carbonyl (C=O) groups excluding carboxylic acids is 2. The highest BCUT2D eigenvalue weighted by Crippen LogP contribution is 2.43. The molecule has 0 heterocycles. The van der Waals surface area contributed by atoms with E-state index in [4.69, 9.17) is 5.73 Å². The van der Waals surface area contributed by atoms with Crippen LogP contribution in [0.1, 0.15) is 24.8 Å².